The van der Waals surface area contributed by atoms with Crippen molar-refractivity contribution in [3.63, 3.8) is 0 Å². The van der Waals surface area contributed by atoms with Crippen LogP contribution in [0.3, 0.4) is 0 Å². The molecular formula is C16H20N4O3. The lowest BCUT2D eigenvalue weighted by Crippen LogP contribution is -2.01. The normalized spacial score (nSPS) is 10.7. The molecule has 0 saturated carbocycles. The van der Waals surface area contributed by atoms with Gasteiger partial charge in [-0.15, -0.1) is 0 Å². The van der Waals surface area contributed by atoms with E-state index >= 15 is 0 Å². The van der Waals surface area contributed by atoms with Crippen LogP contribution in [0.4, 0.5) is 5.95 Å². The number of hydrogen-bond acceptors (Lipinski definition) is 7. The van der Waals surface area contributed by atoms with Gasteiger partial charge in [0.1, 0.15) is 0 Å². The number of hydrazone groups is 1. The Bertz CT molecular complexity index is 696. The van der Waals surface area contributed by atoms with Crippen LogP contribution in [-0.2, 0) is 0 Å². The molecule has 1 heterocycles. The number of nitrogens with zero attached hydrogens (tertiary/aromatic N) is 3. The lowest BCUT2D eigenvalue weighted by atomic mass is 10.2. The summed E-state index contributed by atoms with van der Waals surface area (Å²) in [6, 6.07) is 5.51. The first kappa shape index (κ1) is 16.5. The van der Waals surface area contributed by atoms with Crippen LogP contribution in [0.15, 0.2) is 23.3 Å². The van der Waals surface area contributed by atoms with Gasteiger partial charge in [-0.2, -0.15) is 5.10 Å². The van der Waals surface area contributed by atoms with Crippen molar-refractivity contribution in [1.29, 1.82) is 0 Å². The fourth-order valence-electron chi connectivity index (χ4n) is 2.16. The van der Waals surface area contributed by atoms with Crippen molar-refractivity contribution in [2.75, 3.05) is 26.8 Å². The standard InChI is InChI=1S/C16H20N4O3/c1-10-8-11(2)19-16(18-10)20-17-9-12-6-7-13(21-3)15(23-5)14(12)22-4/h6-9H,1-5H3,(H,18,19,20)/b17-9+. The van der Waals surface area contributed by atoms with Crippen LogP contribution >= 0.6 is 0 Å². The topological polar surface area (TPSA) is 77.9 Å². The van der Waals surface area contributed by atoms with Gasteiger partial charge in [0.2, 0.25) is 11.7 Å². The van der Waals surface area contributed by atoms with Gasteiger partial charge in [0, 0.05) is 17.0 Å². The summed E-state index contributed by atoms with van der Waals surface area (Å²) in [7, 11) is 4.70. The van der Waals surface area contributed by atoms with Crippen molar-refractivity contribution in [3.05, 3.63) is 35.2 Å². The van der Waals surface area contributed by atoms with E-state index in [1.165, 1.54) is 0 Å². The van der Waals surface area contributed by atoms with Gasteiger partial charge in [-0.05, 0) is 32.0 Å². The fourth-order valence-corrected chi connectivity index (χ4v) is 2.16. The Morgan fingerprint density at radius 2 is 1.61 bits per heavy atom. The van der Waals surface area contributed by atoms with Gasteiger partial charge >= 0.3 is 0 Å². The lowest BCUT2D eigenvalue weighted by Gasteiger charge is -2.13. The van der Waals surface area contributed by atoms with Crippen molar-refractivity contribution >= 4 is 12.2 Å². The number of aromatic nitrogens is 2. The maximum Gasteiger partial charge on any atom is 0.243 e. The summed E-state index contributed by atoms with van der Waals surface area (Å²) in [5.41, 5.74) is 5.30. The van der Waals surface area contributed by atoms with Gasteiger partial charge in [0.25, 0.3) is 0 Å². The molecule has 122 valence electrons. The zero-order chi connectivity index (χ0) is 16.8. The Kier molecular flexibility index (Phi) is 5.35. The predicted molar refractivity (Wildman–Crippen MR) is 88.8 cm³/mol. The van der Waals surface area contributed by atoms with Crippen LogP contribution in [0, 0.1) is 13.8 Å². The number of anilines is 1. The zero-order valence-electron chi connectivity index (χ0n) is 13.9. The van der Waals surface area contributed by atoms with Crippen LogP contribution in [0.25, 0.3) is 0 Å². The molecule has 0 atom stereocenters. The Balaban J connectivity index is 2.25. The number of hydrogen-bond donors (Lipinski definition) is 1. The van der Waals surface area contributed by atoms with Crippen molar-refractivity contribution in [2.24, 2.45) is 5.10 Å². The van der Waals surface area contributed by atoms with Gasteiger partial charge in [-0.1, -0.05) is 0 Å². The predicted octanol–water partition coefficient (Wildman–Crippen LogP) is 2.57. The second kappa shape index (κ2) is 7.44. The number of benzene rings is 1. The molecule has 0 saturated heterocycles. The molecule has 7 nitrogen and oxygen atoms in total. The zero-order valence-corrected chi connectivity index (χ0v) is 13.9. The average Bonchev–Trinajstić information content (AvgIpc) is 2.53. The van der Waals surface area contributed by atoms with E-state index < -0.39 is 0 Å². The average molecular weight is 316 g/mol. The minimum atomic E-state index is 0.443. The second-order valence-corrected chi connectivity index (χ2v) is 4.77. The summed E-state index contributed by atoms with van der Waals surface area (Å²) in [6.45, 7) is 3.81. The highest BCUT2D eigenvalue weighted by molar-refractivity contribution is 5.86. The van der Waals surface area contributed by atoms with Crippen LogP contribution in [-0.4, -0.2) is 37.5 Å². The third-order valence-electron chi connectivity index (χ3n) is 3.09. The Hall–Kier alpha value is -2.83. The van der Waals surface area contributed by atoms with Gasteiger partial charge in [0.15, 0.2) is 11.5 Å². The Morgan fingerprint density at radius 3 is 2.17 bits per heavy atom. The molecule has 1 aromatic heterocycles. The van der Waals surface area contributed by atoms with E-state index in [-0.39, 0.29) is 0 Å². The molecule has 2 rings (SSSR count). The molecule has 0 aliphatic rings. The minimum absolute atomic E-state index is 0.443. The quantitative estimate of drug-likeness (QED) is 0.652. The molecule has 0 radical (unpaired) electrons. The maximum atomic E-state index is 5.40. The summed E-state index contributed by atoms with van der Waals surface area (Å²) >= 11 is 0. The first-order chi connectivity index (χ1) is 11.1. The highest BCUT2D eigenvalue weighted by Crippen LogP contribution is 2.38. The number of aryl methyl sites for hydroxylation is 2. The van der Waals surface area contributed by atoms with Crippen molar-refractivity contribution in [2.45, 2.75) is 13.8 Å². The Morgan fingerprint density at radius 1 is 0.957 bits per heavy atom. The molecule has 7 heteroatoms. The summed E-state index contributed by atoms with van der Waals surface area (Å²) in [5.74, 6) is 2.09. The summed E-state index contributed by atoms with van der Waals surface area (Å²) in [4.78, 5) is 8.51. The molecule has 0 bridgehead atoms. The van der Waals surface area contributed by atoms with Crippen LogP contribution in [0.5, 0.6) is 17.2 Å². The number of ether oxygens (including phenoxy) is 3. The molecule has 0 amide bonds. The number of rotatable bonds is 6. The Labute approximate surface area is 135 Å². The number of methoxy groups -OCH3 is 3. The molecule has 23 heavy (non-hydrogen) atoms. The first-order valence-corrected chi connectivity index (χ1v) is 6.99. The molecule has 1 aromatic carbocycles. The van der Waals surface area contributed by atoms with Crippen LogP contribution in [0.2, 0.25) is 0 Å². The van der Waals surface area contributed by atoms with Gasteiger partial charge in [-0.3, -0.25) is 0 Å². The smallest absolute Gasteiger partial charge is 0.243 e. The molecule has 0 unspecified atom stereocenters. The lowest BCUT2D eigenvalue weighted by molar-refractivity contribution is 0.324. The minimum Gasteiger partial charge on any atom is -0.493 e. The highest BCUT2D eigenvalue weighted by atomic mass is 16.5. The molecule has 0 spiro atoms. The maximum absolute atomic E-state index is 5.40. The van der Waals surface area contributed by atoms with Crippen molar-refractivity contribution in [3.8, 4) is 17.2 Å². The van der Waals surface area contributed by atoms with Gasteiger partial charge in [0.05, 0.1) is 27.5 Å². The van der Waals surface area contributed by atoms with E-state index in [1.54, 1.807) is 33.6 Å². The largest absolute Gasteiger partial charge is 0.493 e. The second-order valence-electron chi connectivity index (χ2n) is 4.77. The monoisotopic (exact) mass is 316 g/mol. The van der Waals surface area contributed by atoms with E-state index in [0.29, 0.717) is 23.2 Å². The number of nitrogens with one attached hydrogen (secondary N) is 1. The molecule has 0 fully saturated rings. The van der Waals surface area contributed by atoms with Crippen LogP contribution in [0.1, 0.15) is 17.0 Å². The third-order valence-corrected chi connectivity index (χ3v) is 3.09. The first-order valence-electron chi connectivity index (χ1n) is 6.99. The van der Waals surface area contributed by atoms with E-state index in [9.17, 15) is 0 Å². The van der Waals surface area contributed by atoms with Gasteiger partial charge in [-0.25, -0.2) is 15.4 Å². The van der Waals surface area contributed by atoms with E-state index in [2.05, 4.69) is 20.5 Å². The molecule has 1 N–H and O–H groups in total. The van der Waals surface area contributed by atoms with Crippen molar-refractivity contribution < 1.29 is 14.2 Å². The summed E-state index contributed by atoms with van der Waals surface area (Å²) < 4.78 is 16.0. The molecular weight excluding hydrogens is 296 g/mol. The third kappa shape index (κ3) is 3.88. The van der Waals surface area contributed by atoms with E-state index in [4.69, 9.17) is 14.2 Å². The molecule has 2 aromatic rings. The van der Waals surface area contributed by atoms with Crippen molar-refractivity contribution in [1.82, 2.24) is 9.97 Å². The highest BCUT2D eigenvalue weighted by Gasteiger charge is 2.14. The summed E-state index contributed by atoms with van der Waals surface area (Å²) in [6.07, 6.45) is 1.61. The summed E-state index contributed by atoms with van der Waals surface area (Å²) in [5, 5.41) is 4.16. The SMILES string of the molecule is COc1ccc(/C=N/Nc2nc(C)cc(C)n2)c(OC)c1OC. The van der Waals surface area contributed by atoms with Gasteiger partial charge < -0.3 is 14.2 Å². The molecule has 0 aliphatic heterocycles. The van der Waals surface area contributed by atoms with E-state index in [1.807, 2.05) is 26.0 Å². The van der Waals surface area contributed by atoms with Crippen LogP contribution < -0.4 is 19.6 Å². The molecule has 0 aliphatic carbocycles. The van der Waals surface area contributed by atoms with E-state index in [0.717, 1.165) is 17.0 Å². The fraction of sp³-hybridized carbons (Fsp3) is 0.312.